The molecular formula is C20H25BrN2OS2. The number of morpholine rings is 1. The van der Waals surface area contributed by atoms with Crippen LogP contribution in [0.1, 0.15) is 29.0 Å². The molecule has 4 rings (SSSR count). The van der Waals surface area contributed by atoms with Crippen LogP contribution in [0.15, 0.2) is 35.0 Å². The number of fused-ring (bicyclic) bond motifs is 2. The Morgan fingerprint density at radius 1 is 1.12 bits per heavy atom. The smallest absolute Gasteiger partial charge is 0.126 e. The van der Waals surface area contributed by atoms with Gasteiger partial charge < -0.3 is 26.2 Å². The number of likely N-dealkylation sites (N-methyl/N-ethyl adjacent to an activating group) is 1. The molecule has 2 unspecified atom stereocenters. The number of piperidine rings is 1. The van der Waals surface area contributed by atoms with Crippen molar-refractivity contribution in [1.29, 1.82) is 5.26 Å². The Balaban J connectivity index is 0.00000196. The third-order valence-corrected chi connectivity index (χ3v) is 8.45. The summed E-state index contributed by atoms with van der Waals surface area (Å²) in [5.41, 5.74) is -0.489. The zero-order chi connectivity index (χ0) is 17.5. The predicted molar refractivity (Wildman–Crippen MR) is 103 cm³/mol. The lowest BCUT2D eigenvalue weighted by Gasteiger charge is -2.53. The van der Waals surface area contributed by atoms with Gasteiger partial charge in [0.05, 0.1) is 33.4 Å². The summed E-state index contributed by atoms with van der Waals surface area (Å²) in [4.78, 5) is 2.39. The van der Waals surface area contributed by atoms with E-state index in [2.05, 4.69) is 55.2 Å². The summed E-state index contributed by atoms with van der Waals surface area (Å²) in [6.07, 6.45) is 3.24. The Morgan fingerprint density at radius 2 is 1.65 bits per heavy atom. The number of hydrogen-bond donors (Lipinski definition) is 0. The van der Waals surface area contributed by atoms with Crippen LogP contribution in [-0.2, 0) is 10.2 Å². The van der Waals surface area contributed by atoms with Crippen LogP contribution < -0.4 is 17.0 Å². The van der Waals surface area contributed by atoms with Gasteiger partial charge in [-0.15, -0.1) is 22.7 Å². The maximum absolute atomic E-state index is 10.3. The molecule has 0 saturated carbocycles. The van der Waals surface area contributed by atoms with Crippen molar-refractivity contribution in [2.45, 2.75) is 36.8 Å². The molecule has 2 saturated heterocycles. The molecule has 2 atom stereocenters. The van der Waals surface area contributed by atoms with Gasteiger partial charge in [0.25, 0.3) is 0 Å². The minimum atomic E-state index is -0.489. The first-order valence-electron chi connectivity index (χ1n) is 8.96. The Labute approximate surface area is 174 Å². The Hall–Kier alpha value is -0.710. The van der Waals surface area contributed by atoms with Crippen molar-refractivity contribution >= 4 is 22.7 Å². The quantitative estimate of drug-likeness (QED) is 0.654. The van der Waals surface area contributed by atoms with E-state index in [1.807, 2.05) is 0 Å². The normalized spacial score (nSPS) is 27.3. The van der Waals surface area contributed by atoms with Crippen molar-refractivity contribution in [3.63, 3.8) is 0 Å². The van der Waals surface area contributed by atoms with E-state index in [1.54, 1.807) is 22.7 Å². The van der Waals surface area contributed by atoms with E-state index in [1.165, 1.54) is 9.75 Å². The molecule has 2 aromatic rings. The minimum Gasteiger partial charge on any atom is -1.00 e. The van der Waals surface area contributed by atoms with Gasteiger partial charge in [-0.3, -0.25) is 0 Å². The van der Waals surface area contributed by atoms with Gasteiger partial charge in [-0.1, -0.05) is 12.1 Å². The Morgan fingerprint density at radius 3 is 2.08 bits per heavy atom. The number of quaternary nitrogens is 1. The molecule has 2 aliphatic rings. The van der Waals surface area contributed by atoms with Crippen molar-refractivity contribution < 1.29 is 26.2 Å². The zero-order valence-electron chi connectivity index (χ0n) is 15.2. The summed E-state index contributed by atoms with van der Waals surface area (Å²) >= 11 is 3.44. The van der Waals surface area contributed by atoms with Crippen LogP contribution in [0.2, 0.25) is 0 Å². The van der Waals surface area contributed by atoms with Crippen LogP contribution in [0.5, 0.6) is 0 Å². The molecule has 0 spiro atoms. The third kappa shape index (κ3) is 3.29. The maximum atomic E-state index is 10.3. The molecule has 2 bridgehead atoms. The highest BCUT2D eigenvalue weighted by Gasteiger charge is 2.49. The van der Waals surface area contributed by atoms with Gasteiger partial charge in [0, 0.05) is 22.6 Å². The second-order valence-corrected chi connectivity index (χ2v) is 9.88. The van der Waals surface area contributed by atoms with Crippen molar-refractivity contribution in [2.75, 3.05) is 27.3 Å². The molecule has 140 valence electrons. The molecular weight excluding hydrogens is 428 g/mol. The van der Waals surface area contributed by atoms with Crippen LogP contribution >= 0.6 is 22.7 Å². The maximum Gasteiger partial charge on any atom is 0.126 e. The van der Waals surface area contributed by atoms with Gasteiger partial charge in [-0.2, -0.15) is 5.26 Å². The lowest BCUT2D eigenvalue weighted by atomic mass is 9.71. The first-order chi connectivity index (χ1) is 12.1. The monoisotopic (exact) mass is 452 g/mol. The number of ether oxygens (including phenoxy) is 1. The van der Waals surface area contributed by atoms with Crippen molar-refractivity contribution in [2.24, 2.45) is 5.92 Å². The van der Waals surface area contributed by atoms with E-state index < -0.39 is 5.41 Å². The molecule has 0 amide bonds. The summed E-state index contributed by atoms with van der Waals surface area (Å²) in [6, 6.07) is 12.3. The van der Waals surface area contributed by atoms with E-state index in [0.29, 0.717) is 18.0 Å². The van der Waals surface area contributed by atoms with E-state index >= 15 is 0 Å². The molecule has 3 nitrogen and oxygen atoms in total. The molecule has 26 heavy (non-hydrogen) atoms. The lowest BCUT2D eigenvalue weighted by molar-refractivity contribution is -0.953. The fraction of sp³-hybridized carbons (Fsp3) is 0.550. The molecule has 4 heterocycles. The first-order valence-corrected chi connectivity index (χ1v) is 10.7. The molecule has 0 radical (unpaired) electrons. The van der Waals surface area contributed by atoms with Crippen LogP contribution in [-0.4, -0.2) is 43.9 Å². The fourth-order valence-electron chi connectivity index (χ4n) is 4.69. The number of nitrogens with zero attached hydrogens (tertiary/aromatic N) is 2. The van der Waals surface area contributed by atoms with E-state index in [9.17, 15) is 5.26 Å². The second-order valence-electron chi connectivity index (χ2n) is 7.99. The van der Waals surface area contributed by atoms with Crippen LogP contribution in [0.3, 0.4) is 0 Å². The third-order valence-electron chi connectivity index (χ3n) is 6.38. The summed E-state index contributed by atoms with van der Waals surface area (Å²) in [6.45, 7) is 1.72. The van der Waals surface area contributed by atoms with Gasteiger partial charge >= 0.3 is 0 Å². The molecule has 2 fully saturated rings. The number of thiophene rings is 2. The van der Waals surface area contributed by atoms with Gasteiger partial charge in [0.1, 0.15) is 17.5 Å². The molecule has 0 aromatic carbocycles. The Bertz CT molecular complexity index is 701. The minimum absolute atomic E-state index is 0. The molecule has 0 N–H and O–H groups in total. The van der Waals surface area contributed by atoms with Crippen LogP contribution in [0, 0.1) is 17.2 Å². The highest BCUT2D eigenvalue weighted by Crippen LogP contribution is 2.46. The SMILES string of the molecule is C[N+]1(C)C2COCC1CC(CC(C#N)(c1cccs1)c1cccs1)C2.[Br-]. The number of nitriles is 1. The highest BCUT2D eigenvalue weighted by molar-refractivity contribution is 7.11. The van der Waals surface area contributed by atoms with E-state index in [0.717, 1.165) is 37.0 Å². The molecule has 2 aromatic heterocycles. The summed E-state index contributed by atoms with van der Waals surface area (Å²) < 4.78 is 6.92. The predicted octanol–water partition coefficient (Wildman–Crippen LogP) is 1.27. The lowest BCUT2D eigenvalue weighted by Crippen LogP contribution is -3.00. The standard InChI is InChI=1S/C20H25N2OS2.BrH/c1-22(2)16-9-15(10-17(22)13-23-12-16)11-20(14-21,18-5-3-7-24-18)19-6-4-8-25-19;/h3-8,15-17H,9-13H2,1-2H3;1H/q+1;/p-1. The van der Waals surface area contributed by atoms with Gasteiger partial charge in [-0.25, -0.2) is 0 Å². The van der Waals surface area contributed by atoms with Gasteiger partial charge in [-0.05, 0) is 35.2 Å². The summed E-state index contributed by atoms with van der Waals surface area (Å²) in [7, 11) is 4.70. The highest BCUT2D eigenvalue weighted by atomic mass is 79.9. The second kappa shape index (κ2) is 7.73. The number of rotatable bonds is 4. The van der Waals surface area contributed by atoms with Crippen LogP contribution in [0.25, 0.3) is 0 Å². The summed E-state index contributed by atoms with van der Waals surface area (Å²) in [5.74, 6) is 0.578. The van der Waals surface area contributed by atoms with Crippen LogP contribution in [0.4, 0.5) is 0 Å². The summed E-state index contributed by atoms with van der Waals surface area (Å²) in [5, 5.41) is 14.5. The van der Waals surface area contributed by atoms with Gasteiger partial charge in [0.2, 0.25) is 0 Å². The van der Waals surface area contributed by atoms with Crippen molar-refractivity contribution in [1.82, 2.24) is 0 Å². The van der Waals surface area contributed by atoms with Crippen molar-refractivity contribution in [3.8, 4) is 6.07 Å². The molecule has 2 aliphatic heterocycles. The molecule has 6 heteroatoms. The topological polar surface area (TPSA) is 33.0 Å². The largest absolute Gasteiger partial charge is 1.00 e. The van der Waals surface area contributed by atoms with Gasteiger partial charge in [0.15, 0.2) is 0 Å². The zero-order valence-corrected chi connectivity index (χ0v) is 18.4. The number of halogens is 1. The fourth-order valence-corrected chi connectivity index (χ4v) is 6.56. The molecule has 0 aliphatic carbocycles. The average molecular weight is 453 g/mol. The first kappa shape index (κ1) is 20.0. The average Bonchev–Trinajstić information content (AvgIpc) is 3.27. The Kier molecular flexibility index (Phi) is 5.96. The van der Waals surface area contributed by atoms with Crippen molar-refractivity contribution in [3.05, 3.63) is 44.8 Å². The number of hydrogen-bond acceptors (Lipinski definition) is 4. The van der Waals surface area contributed by atoms with E-state index in [4.69, 9.17) is 4.74 Å². The van der Waals surface area contributed by atoms with E-state index in [-0.39, 0.29) is 17.0 Å².